The van der Waals surface area contributed by atoms with Gasteiger partial charge in [0.25, 0.3) is 5.91 Å². The fourth-order valence-corrected chi connectivity index (χ4v) is 2.79. The van der Waals surface area contributed by atoms with Crippen LogP contribution in [-0.4, -0.2) is 35.9 Å². The number of carbonyl (C=O) groups is 1. The molecule has 1 aliphatic carbocycles. The maximum absolute atomic E-state index is 12.5. The minimum absolute atomic E-state index is 0.0210. The Morgan fingerprint density at radius 3 is 2.68 bits per heavy atom. The molecule has 4 nitrogen and oxygen atoms in total. The predicted octanol–water partition coefficient (Wildman–Crippen LogP) is 3.18. The van der Waals surface area contributed by atoms with Gasteiger partial charge in [0.05, 0.1) is 0 Å². The molecule has 2 rings (SSSR count). The molecule has 0 spiro atoms. The highest BCUT2D eigenvalue weighted by Gasteiger charge is 2.23. The van der Waals surface area contributed by atoms with Gasteiger partial charge in [-0.3, -0.25) is 4.79 Å². The van der Waals surface area contributed by atoms with E-state index in [-0.39, 0.29) is 5.91 Å². The van der Waals surface area contributed by atoms with E-state index in [2.05, 4.69) is 10.3 Å². The summed E-state index contributed by atoms with van der Waals surface area (Å²) in [6, 6.07) is 3.73. The van der Waals surface area contributed by atoms with Crippen molar-refractivity contribution < 1.29 is 4.79 Å². The number of halogens is 1. The van der Waals surface area contributed by atoms with Crippen LogP contribution in [0.1, 0.15) is 42.5 Å². The fourth-order valence-electron chi connectivity index (χ4n) is 2.59. The summed E-state index contributed by atoms with van der Waals surface area (Å²) in [6.07, 6.45) is 5.89. The molecule has 1 aromatic heterocycles. The molecule has 1 saturated carbocycles. The van der Waals surface area contributed by atoms with Crippen molar-refractivity contribution in [2.45, 2.75) is 38.1 Å². The molecule has 1 N–H and O–H groups in total. The molecule has 19 heavy (non-hydrogen) atoms. The summed E-state index contributed by atoms with van der Waals surface area (Å²) < 4.78 is 0. The number of carbonyl (C=O) groups excluding carboxylic acids is 1. The third-order valence-electron chi connectivity index (χ3n) is 3.74. The van der Waals surface area contributed by atoms with Gasteiger partial charge in [-0.1, -0.05) is 30.9 Å². The molecule has 0 aliphatic heterocycles. The molecule has 0 unspecified atom stereocenters. The minimum Gasteiger partial charge on any atom is -0.373 e. The fraction of sp³-hybridized carbons (Fsp3) is 0.571. The summed E-state index contributed by atoms with van der Waals surface area (Å²) in [5.41, 5.74) is 0.595. The monoisotopic (exact) mass is 281 g/mol. The van der Waals surface area contributed by atoms with Gasteiger partial charge in [-0.2, -0.15) is 0 Å². The Bertz CT molecular complexity index is 458. The second-order valence-electron chi connectivity index (χ2n) is 5.02. The first-order chi connectivity index (χ1) is 9.11. The lowest BCUT2D eigenvalue weighted by Gasteiger charge is -2.31. The SMILES string of the molecule is CNc1cc(C(=O)N(C)C2CCCCC2)cc(Cl)n1. The van der Waals surface area contributed by atoms with Crippen LogP contribution in [0.4, 0.5) is 5.82 Å². The van der Waals surface area contributed by atoms with E-state index in [0.717, 1.165) is 12.8 Å². The first kappa shape index (κ1) is 14.1. The predicted molar refractivity (Wildman–Crippen MR) is 77.8 cm³/mol. The van der Waals surface area contributed by atoms with Crippen molar-refractivity contribution >= 4 is 23.3 Å². The first-order valence-corrected chi connectivity index (χ1v) is 7.12. The van der Waals surface area contributed by atoms with E-state index in [1.807, 2.05) is 11.9 Å². The summed E-state index contributed by atoms with van der Waals surface area (Å²) in [4.78, 5) is 18.4. The quantitative estimate of drug-likeness (QED) is 0.866. The Hall–Kier alpha value is -1.29. The number of hydrogen-bond donors (Lipinski definition) is 1. The lowest BCUT2D eigenvalue weighted by Crippen LogP contribution is -2.38. The molecule has 1 heterocycles. The van der Waals surface area contributed by atoms with Crippen LogP contribution in [0.2, 0.25) is 5.15 Å². The van der Waals surface area contributed by atoms with Crippen molar-refractivity contribution in [1.29, 1.82) is 0 Å². The summed E-state index contributed by atoms with van der Waals surface area (Å²) in [7, 11) is 3.64. The zero-order valence-corrected chi connectivity index (χ0v) is 12.2. The number of rotatable bonds is 3. The maximum atomic E-state index is 12.5. The molecule has 0 saturated heterocycles. The first-order valence-electron chi connectivity index (χ1n) is 6.74. The second-order valence-corrected chi connectivity index (χ2v) is 5.41. The maximum Gasteiger partial charge on any atom is 0.254 e. The highest BCUT2D eigenvalue weighted by molar-refractivity contribution is 6.29. The Balaban J connectivity index is 2.15. The number of hydrogen-bond acceptors (Lipinski definition) is 3. The molecule has 0 radical (unpaired) electrons. The van der Waals surface area contributed by atoms with Crippen LogP contribution < -0.4 is 5.32 Å². The standard InChI is InChI=1S/C14H20ClN3O/c1-16-13-9-10(8-12(15)17-13)14(19)18(2)11-6-4-3-5-7-11/h8-9,11H,3-7H2,1-2H3,(H,16,17). The summed E-state index contributed by atoms with van der Waals surface area (Å²) in [5.74, 6) is 0.639. The lowest BCUT2D eigenvalue weighted by atomic mass is 9.94. The van der Waals surface area contributed by atoms with E-state index >= 15 is 0 Å². The van der Waals surface area contributed by atoms with Crippen LogP contribution in [0, 0.1) is 0 Å². The second kappa shape index (κ2) is 6.24. The summed E-state index contributed by atoms with van der Waals surface area (Å²) in [6.45, 7) is 0. The summed E-state index contributed by atoms with van der Waals surface area (Å²) >= 11 is 5.94. The highest BCUT2D eigenvalue weighted by atomic mass is 35.5. The van der Waals surface area contributed by atoms with Crippen molar-refractivity contribution in [2.75, 3.05) is 19.4 Å². The average Bonchev–Trinajstić information content (AvgIpc) is 2.46. The van der Waals surface area contributed by atoms with Crippen LogP contribution in [0.25, 0.3) is 0 Å². The van der Waals surface area contributed by atoms with Crippen LogP contribution in [-0.2, 0) is 0 Å². The van der Waals surface area contributed by atoms with Crippen LogP contribution in [0.15, 0.2) is 12.1 Å². The van der Waals surface area contributed by atoms with Crippen molar-refractivity contribution in [3.63, 3.8) is 0 Å². The van der Waals surface area contributed by atoms with Crippen molar-refractivity contribution in [1.82, 2.24) is 9.88 Å². The molecule has 1 fully saturated rings. The van der Waals surface area contributed by atoms with E-state index in [1.165, 1.54) is 19.3 Å². The zero-order chi connectivity index (χ0) is 13.8. The van der Waals surface area contributed by atoms with Gasteiger partial charge in [-0.25, -0.2) is 4.98 Å². The van der Waals surface area contributed by atoms with Gasteiger partial charge in [0.1, 0.15) is 11.0 Å². The van der Waals surface area contributed by atoms with Gasteiger partial charge in [0.2, 0.25) is 0 Å². The number of amides is 1. The average molecular weight is 282 g/mol. The van der Waals surface area contributed by atoms with Gasteiger partial charge in [-0.05, 0) is 25.0 Å². The number of aromatic nitrogens is 1. The highest BCUT2D eigenvalue weighted by Crippen LogP contribution is 2.24. The number of nitrogens with one attached hydrogen (secondary N) is 1. The molecule has 104 valence electrons. The van der Waals surface area contributed by atoms with Crippen molar-refractivity contribution in [3.05, 3.63) is 22.8 Å². The molecule has 0 bridgehead atoms. The van der Waals surface area contributed by atoms with Gasteiger partial charge >= 0.3 is 0 Å². The Morgan fingerprint density at radius 2 is 2.05 bits per heavy atom. The normalized spacial score (nSPS) is 16.2. The van der Waals surface area contributed by atoms with Gasteiger partial charge in [0.15, 0.2) is 0 Å². The van der Waals surface area contributed by atoms with Crippen LogP contribution in [0.3, 0.4) is 0 Å². The van der Waals surface area contributed by atoms with Crippen LogP contribution in [0.5, 0.6) is 0 Å². The molecule has 0 atom stereocenters. The van der Waals surface area contributed by atoms with E-state index in [0.29, 0.717) is 22.6 Å². The van der Waals surface area contributed by atoms with Gasteiger partial charge in [0, 0.05) is 25.7 Å². The van der Waals surface area contributed by atoms with Crippen molar-refractivity contribution in [2.24, 2.45) is 0 Å². The Labute approximate surface area is 119 Å². The number of nitrogens with zero attached hydrogens (tertiary/aromatic N) is 2. The Morgan fingerprint density at radius 1 is 1.37 bits per heavy atom. The molecule has 1 aromatic rings. The van der Waals surface area contributed by atoms with E-state index in [1.54, 1.807) is 19.2 Å². The number of pyridine rings is 1. The molecular formula is C14H20ClN3O. The molecule has 1 aliphatic rings. The van der Waals surface area contributed by atoms with Crippen molar-refractivity contribution in [3.8, 4) is 0 Å². The smallest absolute Gasteiger partial charge is 0.254 e. The Kier molecular flexibility index (Phi) is 4.64. The topological polar surface area (TPSA) is 45.2 Å². The molecule has 5 heteroatoms. The minimum atomic E-state index is 0.0210. The third kappa shape index (κ3) is 3.38. The molecular weight excluding hydrogens is 262 g/mol. The van der Waals surface area contributed by atoms with Gasteiger partial charge in [-0.15, -0.1) is 0 Å². The largest absolute Gasteiger partial charge is 0.373 e. The lowest BCUT2D eigenvalue weighted by molar-refractivity contribution is 0.0696. The van der Waals surface area contributed by atoms with E-state index in [9.17, 15) is 4.79 Å². The van der Waals surface area contributed by atoms with Gasteiger partial charge < -0.3 is 10.2 Å². The van der Waals surface area contributed by atoms with E-state index in [4.69, 9.17) is 11.6 Å². The number of anilines is 1. The molecule has 1 amide bonds. The summed E-state index contributed by atoms with van der Waals surface area (Å²) in [5, 5.41) is 3.26. The van der Waals surface area contributed by atoms with Crippen LogP contribution >= 0.6 is 11.6 Å². The van der Waals surface area contributed by atoms with E-state index < -0.39 is 0 Å². The third-order valence-corrected chi connectivity index (χ3v) is 3.93. The molecule has 0 aromatic carbocycles. The zero-order valence-electron chi connectivity index (χ0n) is 11.4.